The van der Waals surface area contributed by atoms with Crippen LogP contribution < -0.4 is 4.90 Å². The Bertz CT molecular complexity index is 3860. The van der Waals surface area contributed by atoms with Crippen LogP contribution >= 0.6 is 0 Å². The van der Waals surface area contributed by atoms with Gasteiger partial charge in [0, 0.05) is 44.3 Å². The van der Waals surface area contributed by atoms with Gasteiger partial charge in [-0.3, -0.25) is 0 Å². The smallest absolute Gasteiger partial charge is 0.135 e. The second-order valence-corrected chi connectivity index (χ2v) is 17.7. The first kappa shape index (κ1) is 40.1. The van der Waals surface area contributed by atoms with Gasteiger partial charge in [0.2, 0.25) is 0 Å². The second-order valence-electron chi connectivity index (χ2n) is 17.7. The molecule has 324 valence electrons. The number of anilines is 3. The highest BCUT2D eigenvalue weighted by atomic mass is 16.3. The van der Waals surface area contributed by atoms with Crippen LogP contribution in [-0.2, 0) is 0 Å². The number of para-hydroxylation sites is 2. The van der Waals surface area contributed by atoms with Crippen LogP contribution in [0.15, 0.2) is 271 Å². The molecule has 69 heavy (non-hydrogen) atoms. The van der Waals surface area contributed by atoms with Crippen molar-refractivity contribution in [1.29, 1.82) is 0 Å². The average Bonchev–Trinajstić information content (AvgIpc) is 3.97. The summed E-state index contributed by atoms with van der Waals surface area (Å²) in [7, 11) is 0. The molecule has 11 aromatic carbocycles. The van der Waals surface area contributed by atoms with Gasteiger partial charge in [0.05, 0.1) is 11.0 Å². The molecule has 0 bridgehead atoms. The van der Waals surface area contributed by atoms with E-state index in [4.69, 9.17) is 4.42 Å². The molecule has 2 aromatic heterocycles. The lowest BCUT2D eigenvalue weighted by atomic mass is 9.97. The zero-order valence-electron chi connectivity index (χ0n) is 37.7. The summed E-state index contributed by atoms with van der Waals surface area (Å²) < 4.78 is 8.78. The molecule has 2 heterocycles. The molecule has 0 unspecified atom stereocenters. The van der Waals surface area contributed by atoms with Gasteiger partial charge in [0.1, 0.15) is 11.2 Å². The maximum atomic E-state index is 6.41. The van der Waals surface area contributed by atoms with E-state index in [1.807, 2.05) is 0 Å². The molecule has 13 rings (SSSR count). The molecule has 0 spiro atoms. The average molecular weight is 881 g/mol. The van der Waals surface area contributed by atoms with E-state index < -0.39 is 0 Å². The molecule has 3 nitrogen and oxygen atoms in total. The Kier molecular flexibility index (Phi) is 9.84. The van der Waals surface area contributed by atoms with Crippen molar-refractivity contribution < 1.29 is 4.42 Å². The summed E-state index contributed by atoms with van der Waals surface area (Å²) in [6.45, 7) is 0. The molecule has 0 saturated heterocycles. The highest BCUT2D eigenvalue weighted by molar-refractivity contribution is 6.11. The lowest BCUT2D eigenvalue weighted by Crippen LogP contribution is -2.09. The third-order valence-corrected chi connectivity index (χ3v) is 13.6. The van der Waals surface area contributed by atoms with Crippen LogP contribution in [-0.4, -0.2) is 4.57 Å². The molecule has 0 radical (unpaired) electrons. The summed E-state index contributed by atoms with van der Waals surface area (Å²) in [6.07, 6.45) is 0. The van der Waals surface area contributed by atoms with Crippen molar-refractivity contribution in [2.75, 3.05) is 4.90 Å². The Morgan fingerprint density at radius 3 is 1.07 bits per heavy atom. The quantitative estimate of drug-likeness (QED) is 0.144. The largest absolute Gasteiger partial charge is 0.456 e. The van der Waals surface area contributed by atoms with E-state index in [9.17, 15) is 0 Å². The first-order chi connectivity index (χ1) is 34.2. The van der Waals surface area contributed by atoms with Gasteiger partial charge in [-0.15, -0.1) is 0 Å². The molecule has 3 heteroatoms. The van der Waals surface area contributed by atoms with Gasteiger partial charge < -0.3 is 13.9 Å². The summed E-state index contributed by atoms with van der Waals surface area (Å²) in [4.78, 5) is 2.33. The second kappa shape index (κ2) is 16.9. The Morgan fingerprint density at radius 1 is 0.246 bits per heavy atom. The molecular weight excluding hydrogens is 837 g/mol. The molecule has 0 saturated carbocycles. The molecule has 0 amide bonds. The summed E-state index contributed by atoms with van der Waals surface area (Å²) in [6, 6.07) is 95.9. The zero-order chi connectivity index (χ0) is 45.7. The minimum atomic E-state index is 0.886. The number of nitrogens with zero attached hydrogens (tertiary/aromatic N) is 2. The van der Waals surface area contributed by atoms with E-state index in [0.717, 1.165) is 66.9 Å². The standard InChI is InChI=1S/C66H44N2O/c1-4-12-45(13-5-1)48-24-33-56(34-25-48)67(57-35-26-49(27-36-57)46-14-6-2-7-15-46)58-37-28-50(29-38-58)47-20-22-51(23-21-47)52-31-40-65-61(43-52)62-44-54(32-41-66(62)69-65)53-30-39-64-60(42-53)59-18-10-11-19-63(59)68(64)55-16-8-3-9-17-55/h1-44H. The molecule has 0 N–H and O–H groups in total. The third-order valence-electron chi connectivity index (χ3n) is 13.6. The van der Waals surface area contributed by atoms with E-state index >= 15 is 0 Å². The molecule has 0 atom stereocenters. The van der Waals surface area contributed by atoms with E-state index in [-0.39, 0.29) is 0 Å². The lowest BCUT2D eigenvalue weighted by Gasteiger charge is -2.26. The van der Waals surface area contributed by atoms with Crippen LogP contribution in [0.5, 0.6) is 0 Å². The van der Waals surface area contributed by atoms with E-state index in [1.54, 1.807) is 0 Å². The minimum absolute atomic E-state index is 0.886. The van der Waals surface area contributed by atoms with Crippen molar-refractivity contribution in [2.24, 2.45) is 0 Å². The highest BCUT2D eigenvalue weighted by Crippen LogP contribution is 2.41. The molecule has 0 fully saturated rings. The molecule has 0 aliphatic heterocycles. The van der Waals surface area contributed by atoms with Crippen LogP contribution in [0.4, 0.5) is 17.1 Å². The SMILES string of the molecule is c1ccc(-c2ccc(N(c3ccc(-c4ccccc4)cc3)c3ccc(-c4ccc(-c5ccc6oc7ccc(-c8ccc9c(c8)c8ccccc8n9-c8ccccc8)cc7c6c5)cc4)cc3)cc2)cc1. The number of benzene rings is 11. The summed E-state index contributed by atoms with van der Waals surface area (Å²) >= 11 is 0. The molecule has 0 aliphatic rings. The van der Waals surface area contributed by atoms with E-state index in [0.29, 0.717) is 0 Å². The number of aromatic nitrogens is 1. The van der Waals surface area contributed by atoms with Crippen molar-refractivity contribution in [2.45, 2.75) is 0 Å². The highest BCUT2D eigenvalue weighted by Gasteiger charge is 2.17. The topological polar surface area (TPSA) is 21.3 Å². The summed E-state index contributed by atoms with van der Waals surface area (Å²) in [5, 5.41) is 4.71. The predicted molar refractivity (Wildman–Crippen MR) is 290 cm³/mol. The Morgan fingerprint density at radius 2 is 0.580 bits per heavy atom. The van der Waals surface area contributed by atoms with Crippen molar-refractivity contribution in [1.82, 2.24) is 4.57 Å². The van der Waals surface area contributed by atoms with Crippen LogP contribution in [0.2, 0.25) is 0 Å². The summed E-state index contributed by atoms with van der Waals surface area (Å²) in [5.74, 6) is 0. The predicted octanol–water partition coefficient (Wildman–Crippen LogP) is 18.5. The number of fused-ring (bicyclic) bond motifs is 6. The van der Waals surface area contributed by atoms with E-state index in [1.165, 1.54) is 55.2 Å². The van der Waals surface area contributed by atoms with Crippen LogP contribution in [0, 0.1) is 0 Å². The van der Waals surface area contributed by atoms with Gasteiger partial charge in [0.15, 0.2) is 0 Å². The van der Waals surface area contributed by atoms with Crippen molar-refractivity contribution in [3.63, 3.8) is 0 Å². The van der Waals surface area contributed by atoms with Gasteiger partial charge in [-0.2, -0.15) is 0 Å². The number of furan rings is 1. The van der Waals surface area contributed by atoms with Crippen molar-refractivity contribution >= 4 is 60.8 Å². The fourth-order valence-corrected chi connectivity index (χ4v) is 10.1. The molecule has 0 aliphatic carbocycles. The molecule has 13 aromatic rings. The maximum absolute atomic E-state index is 6.41. The fraction of sp³-hybridized carbons (Fsp3) is 0. The first-order valence-electron chi connectivity index (χ1n) is 23.6. The van der Waals surface area contributed by atoms with Crippen molar-refractivity contribution in [3.05, 3.63) is 267 Å². The van der Waals surface area contributed by atoms with Crippen molar-refractivity contribution in [3.8, 4) is 61.3 Å². The van der Waals surface area contributed by atoms with Crippen LogP contribution in [0.1, 0.15) is 0 Å². The summed E-state index contributed by atoms with van der Waals surface area (Å²) in [5.41, 5.74) is 20.4. The van der Waals surface area contributed by atoms with Gasteiger partial charge in [0.25, 0.3) is 0 Å². The monoisotopic (exact) mass is 880 g/mol. The van der Waals surface area contributed by atoms with E-state index in [2.05, 4.69) is 276 Å². The lowest BCUT2D eigenvalue weighted by molar-refractivity contribution is 0.669. The first-order valence-corrected chi connectivity index (χ1v) is 23.6. The Labute approximate surface area is 401 Å². The maximum Gasteiger partial charge on any atom is 0.135 e. The van der Waals surface area contributed by atoms with Gasteiger partial charge >= 0.3 is 0 Å². The number of rotatable bonds is 9. The normalized spacial score (nSPS) is 11.5. The van der Waals surface area contributed by atoms with Crippen LogP contribution in [0.3, 0.4) is 0 Å². The number of hydrogen-bond acceptors (Lipinski definition) is 2. The van der Waals surface area contributed by atoms with Gasteiger partial charge in [-0.25, -0.2) is 0 Å². The molecular formula is C66H44N2O. The number of hydrogen-bond donors (Lipinski definition) is 0. The minimum Gasteiger partial charge on any atom is -0.456 e. The Balaban J connectivity index is 0.794. The fourth-order valence-electron chi connectivity index (χ4n) is 10.1. The van der Waals surface area contributed by atoms with Gasteiger partial charge in [-0.1, -0.05) is 176 Å². The Hall–Kier alpha value is -9.18. The third kappa shape index (κ3) is 7.34. The zero-order valence-corrected chi connectivity index (χ0v) is 37.7. The van der Waals surface area contributed by atoms with Gasteiger partial charge in [-0.05, 0) is 147 Å². The van der Waals surface area contributed by atoms with Crippen LogP contribution in [0.25, 0.3) is 105 Å².